The Kier molecular flexibility index (Phi) is 4.11. The third-order valence-electron chi connectivity index (χ3n) is 4.01. The molecule has 2 heteroatoms. The second-order valence-electron chi connectivity index (χ2n) is 5.92. The molecule has 18 heavy (non-hydrogen) atoms. The summed E-state index contributed by atoms with van der Waals surface area (Å²) in [5, 5.41) is 0.633. The van der Waals surface area contributed by atoms with Crippen LogP contribution in [0.2, 0.25) is 5.02 Å². The average molecular weight is 265 g/mol. The summed E-state index contributed by atoms with van der Waals surface area (Å²) >= 11 is 6.26. The fraction of sp³-hybridized carbons (Fsp3) is 0.562. The van der Waals surface area contributed by atoms with Gasteiger partial charge in [-0.1, -0.05) is 37.6 Å². The monoisotopic (exact) mass is 264 g/mol. The molecule has 2 rings (SSSR count). The smallest absolute Gasteiger partial charge is 0.167 e. The standard InChI is InChI=1S/C16H21ClO/c1-10-7-11(2)9-13(8-10)16(18)14-6-4-5-12(3)15(14)17/h4-6,10-11,13H,7-9H2,1-3H3. The highest BCUT2D eigenvalue weighted by Gasteiger charge is 2.30. The molecule has 0 amide bonds. The molecule has 0 bridgehead atoms. The van der Waals surface area contributed by atoms with Gasteiger partial charge in [-0.05, 0) is 49.7 Å². The van der Waals surface area contributed by atoms with Crippen molar-refractivity contribution in [2.45, 2.75) is 40.0 Å². The van der Waals surface area contributed by atoms with Gasteiger partial charge >= 0.3 is 0 Å². The number of carbonyl (C=O) groups is 1. The SMILES string of the molecule is Cc1cccc(C(=O)C2CC(C)CC(C)C2)c1Cl. The lowest BCUT2D eigenvalue weighted by Gasteiger charge is -2.30. The lowest BCUT2D eigenvalue weighted by molar-refractivity contribution is 0.0836. The summed E-state index contributed by atoms with van der Waals surface area (Å²) in [6, 6.07) is 5.73. The Bertz CT molecular complexity index is 442. The van der Waals surface area contributed by atoms with Crippen molar-refractivity contribution in [2.75, 3.05) is 0 Å². The van der Waals surface area contributed by atoms with E-state index in [1.807, 2.05) is 25.1 Å². The van der Waals surface area contributed by atoms with Crippen molar-refractivity contribution >= 4 is 17.4 Å². The lowest BCUT2D eigenvalue weighted by Crippen LogP contribution is -2.26. The zero-order valence-electron chi connectivity index (χ0n) is 11.4. The first-order valence-electron chi connectivity index (χ1n) is 6.78. The zero-order chi connectivity index (χ0) is 13.3. The molecular weight excluding hydrogens is 244 g/mol. The van der Waals surface area contributed by atoms with Crippen molar-refractivity contribution in [3.8, 4) is 0 Å². The summed E-state index contributed by atoms with van der Waals surface area (Å²) in [5.41, 5.74) is 1.70. The van der Waals surface area contributed by atoms with Gasteiger partial charge in [0.25, 0.3) is 0 Å². The summed E-state index contributed by atoms with van der Waals surface area (Å²) in [5.74, 6) is 1.68. The molecule has 1 aliphatic rings. The second kappa shape index (κ2) is 5.44. The van der Waals surface area contributed by atoms with E-state index < -0.39 is 0 Å². The number of hydrogen-bond acceptors (Lipinski definition) is 1. The molecule has 1 fully saturated rings. The van der Waals surface area contributed by atoms with E-state index in [0.717, 1.165) is 18.4 Å². The van der Waals surface area contributed by atoms with Crippen molar-refractivity contribution in [1.82, 2.24) is 0 Å². The first kappa shape index (κ1) is 13.6. The van der Waals surface area contributed by atoms with Gasteiger partial charge in [-0.25, -0.2) is 0 Å². The van der Waals surface area contributed by atoms with Crippen LogP contribution in [0.15, 0.2) is 18.2 Å². The molecular formula is C16H21ClO. The van der Waals surface area contributed by atoms with Gasteiger partial charge in [0.1, 0.15) is 0 Å². The maximum absolute atomic E-state index is 12.6. The Hall–Kier alpha value is -0.820. The number of halogens is 1. The quantitative estimate of drug-likeness (QED) is 0.694. The van der Waals surface area contributed by atoms with E-state index >= 15 is 0 Å². The minimum absolute atomic E-state index is 0.156. The summed E-state index contributed by atoms with van der Waals surface area (Å²) in [6.07, 6.45) is 3.26. The van der Waals surface area contributed by atoms with Crippen molar-refractivity contribution < 1.29 is 4.79 Å². The largest absolute Gasteiger partial charge is 0.294 e. The number of benzene rings is 1. The van der Waals surface area contributed by atoms with Gasteiger partial charge in [0.2, 0.25) is 0 Å². The van der Waals surface area contributed by atoms with Crippen LogP contribution < -0.4 is 0 Å². The van der Waals surface area contributed by atoms with Crippen LogP contribution in [0.4, 0.5) is 0 Å². The first-order chi connectivity index (χ1) is 8.49. The van der Waals surface area contributed by atoms with Gasteiger partial charge < -0.3 is 0 Å². The summed E-state index contributed by atoms with van der Waals surface area (Å²) in [4.78, 5) is 12.6. The highest BCUT2D eigenvalue weighted by Crippen LogP contribution is 2.36. The average Bonchev–Trinajstić information content (AvgIpc) is 2.30. The number of ketones is 1. The molecule has 0 heterocycles. The van der Waals surface area contributed by atoms with Crippen LogP contribution in [-0.2, 0) is 0 Å². The van der Waals surface area contributed by atoms with Gasteiger partial charge in [0.05, 0.1) is 5.02 Å². The predicted molar refractivity (Wildman–Crippen MR) is 76.2 cm³/mol. The van der Waals surface area contributed by atoms with Crippen LogP contribution in [0.1, 0.15) is 49.0 Å². The van der Waals surface area contributed by atoms with E-state index in [9.17, 15) is 4.79 Å². The molecule has 0 N–H and O–H groups in total. The van der Waals surface area contributed by atoms with Crippen LogP contribution in [0.5, 0.6) is 0 Å². The Labute approximate surface area is 115 Å². The molecule has 0 aromatic heterocycles. The molecule has 2 unspecified atom stereocenters. The molecule has 0 saturated heterocycles. The fourth-order valence-corrected chi connectivity index (χ4v) is 3.44. The molecule has 0 aliphatic heterocycles. The normalized spacial score (nSPS) is 28.1. The number of hydrogen-bond donors (Lipinski definition) is 0. The molecule has 0 spiro atoms. The van der Waals surface area contributed by atoms with Crippen LogP contribution in [0, 0.1) is 24.7 Å². The maximum atomic E-state index is 12.6. The molecule has 1 aliphatic carbocycles. The number of Topliss-reactive ketones (excluding diaryl/α,β-unsaturated/α-hetero) is 1. The van der Waals surface area contributed by atoms with E-state index in [0.29, 0.717) is 22.4 Å². The van der Waals surface area contributed by atoms with Gasteiger partial charge in [-0.3, -0.25) is 4.79 Å². The zero-order valence-corrected chi connectivity index (χ0v) is 12.1. The lowest BCUT2D eigenvalue weighted by atomic mass is 9.74. The Balaban J connectivity index is 2.23. The molecule has 0 radical (unpaired) electrons. The molecule has 1 nitrogen and oxygen atoms in total. The minimum Gasteiger partial charge on any atom is -0.294 e. The van der Waals surface area contributed by atoms with Gasteiger partial charge in [0.15, 0.2) is 5.78 Å². The molecule has 1 aromatic rings. The predicted octanol–water partition coefficient (Wildman–Crippen LogP) is 4.90. The molecule has 1 saturated carbocycles. The van der Waals surface area contributed by atoms with E-state index in [-0.39, 0.29) is 11.7 Å². The van der Waals surface area contributed by atoms with Crippen LogP contribution in [-0.4, -0.2) is 5.78 Å². The third-order valence-corrected chi connectivity index (χ3v) is 4.51. The van der Waals surface area contributed by atoms with Gasteiger partial charge in [-0.2, -0.15) is 0 Å². The first-order valence-corrected chi connectivity index (χ1v) is 7.16. The van der Waals surface area contributed by atoms with Crippen molar-refractivity contribution in [3.05, 3.63) is 34.3 Å². The van der Waals surface area contributed by atoms with Crippen LogP contribution >= 0.6 is 11.6 Å². The fourth-order valence-electron chi connectivity index (χ4n) is 3.22. The van der Waals surface area contributed by atoms with Crippen LogP contribution in [0.3, 0.4) is 0 Å². The molecule has 1 aromatic carbocycles. The Morgan fingerprint density at radius 3 is 2.39 bits per heavy atom. The summed E-state index contributed by atoms with van der Waals surface area (Å²) in [7, 11) is 0. The summed E-state index contributed by atoms with van der Waals surface area (Å²) < 4.78 is 0. The van der Waals surface area contributed by atoms with Crippen LogP contribution in [0.25, 0.3) is 0 Å². The van der Waals surface area contributed by atoms with E-state index in [2.05, 4.69) is 13.8 Å². The van der Waals surface area contributed by atoms with E-state index in [4.69, 9.17) is 11.6 Å². The Morgan fingerprint density at radius 2 is 1.78 bits per heavy atom. The van der Waals surface area contributed by atoms with E-state index in [1.54, 1.807) is 0 Å². The van der Waals surface area contributed by atoms with Gasteiger partial charge in [-0.15, -0.1) is 0 Å². The molecule has 98 valence electrons. The highest BCUT2D eigenvalue weighted by molar-refractivity contribution is 6.34. The minimum atomic E-state index is 0.156. The number of aryl methyl sites for hydroxylation is 1. The summed E-state index contributed by atoms with van der Waals surface area (Å²) in [6.45, 7) is 6.44. The van der Waals surface area contributed by atoms with Crippen molar-refractivity contribution in [3.63, 3.8) is 0 Å². The van der Waals surface area contributed by atoms with Crippen molar-refractivity contribution in [2.24, 2.45) is 17.8 Å². The van der Waals surface area contributed by atoms with E-state index in [1.165, 1.54) is 6.42 Å². The number of rotatable bonds is 2. The maximum Gasteiger partial charge on any atom is 0.167 e. The topological polar surface area (TPSA) is 17.1 Å². The van der Waals surface area contributed by atoms with Gasteiger partial charge in [0, 0.05) is 11.5 Å². The highest BCUT2D eigenvalue weighted by atomic mass is 35.5. The van der Waals surface area contributed by atoms with Crippen molar-refractivity contribution in [1.29, 1.82) is 0 Å². The Morgan fingerprint density at radius 1 is 1.17 bits per heavy atom. The second-order valence-corrected chi connectivity index (χ2v) is 6.29. The molecule has 2 atom stereocenters. The number of carbonyl (C=O) groups excluding carboxylic acids is 1. The third kappa shape index (κ3) is 2.77.